The van der Waals surface area contributed by atoms with E-state index in [1.54, 1.807) is 6.07 Å². The van der Waals surface area contributed by atoms with Crippen molar-refractivity contribution in [3.63, 3.8) is 0 Å². The maximum atomic E-state index is 13.6. The SMILES string of the molecule is Cc1csc(C(C#N)=Cc2c(F)cccc2Cl)n1. The Morgan fingerprint density at radius 2 is 2.33 bits per heavy atom. The molecule has 2 nitrogen and oxygen atoms in total. The van der Waals surface area contributed by atoms with E-state index in [4.69, 9.17) is 16.9 Å². The molecule has 0 radical (unpaired) electrons. The summed E-state index contributed by atoms with van der Waals surface area (Å²) >= 11 is 7.26. The van der Waals surface area contributed by atoms with Crippen molar-refractivity contribution in [3.05, 3.63) is 50.7 Å². The van der Waals surface area contributed by atoms with Gasteiger partial charge in [-0.15, -0.1) is 11.3 Å². The normalized spacial score (nSPS) is 11.3. The maximum Gasteiger partial charge on any atom is 0.134 e. The molecule has 0 aliphatic carbocycles. The number of aromatic nitrogens is 1. The lowest BCUT2D eigenvalue weighted by Crippen LogP contribution is -1.86. The lowest BCUT2D eigenvalue weighted by molar-refractivity contribution is 0.625. The summed E-state index contributed by atoms with van der Waals surface area (Å²) in [6.45, 7) is 1.84. The van der Waals surface area contributed by atoms with E-state index in [1.165, 1.54) is 29.5 Å². The third-order valence-electron chi connectivity index (χ3n) is 2.26. The maximum absolute atomic E-state index is 13.6. The molecule has 0 aliphatic rings. The van der Waals surface area contributed by atoms with Crippen molar-refractivity contribution in [2.75, 3.05) is 0 Å². The third-order valence-corrected chi connectivity index (χ3v) is 3.58. The number of hydrogen-bond donors (Lipinski definition) is 0. The van der Waals surface area contributed by atoms with Gasteiger partial charge in [-0.2, -0.15) is 5.26 Å². The minimum Gasteiger partial charge on any atom is -0.241 e. The van der Waals surface area contributed by atoms with Crippen molar-refractivity contribution >= 4 is 34.6 Å². The van der Waals surface area contributed by atoms with Gasteiger partial charge in [-0.05, 0) is 25.1 Å². The van der Waals surface area contributed by atoms with Crippen LogP contribution < -0.4 is 0 Å². The molecular formula is C13H8ClFN2S. The Morgan fingerprint density at radius 3 is 2.89 bits per heavy atom. The van der Waals surface area contributed by atoms with Crippen LogP contribution in [-0.4, -0.2) is 4.98 Å². The van der Waals surface area contributed by atoms with Gasteiger partial charge >= 0.3 is 0 Å². The van der Waals surface area contributed by atoms with Crippen LogP contribution in [0.25, 0.3) is 11.6 Å². The Bertz CT molecular complexity index is 635. The van der Waals surface area contributed by atoms with Gasteiger partial charge in [-0.1, -0.05) is 17.7 Å². The van der Waals surface area contributed by atoms with Crippen molar-refractivity contribution in [2.45, 2.75) is 6.92 Å². The fraction of sp³-hybridized carbons (Fsp3) is 0.0769. The van der Waals surface area contributed by atoms with Crippen LogP contribution in [0, 0.1) is 24.1 Å². The molecule has 0 unspecified atom stereocenters. The van der Waals surface area contributed by atoms with Gasteiger partial charge in [-0.3, -0.25) is 0 Å². The second-order valence-electron chi connectivity index (χ2n) is 3.60. The molecule has 0 N–H and O–H groups in total. The Hall–Kier alpha value is -1.70. The van der Waals surface area contributed by atoms with Gasteiger partial charge in [0.15, 0.2) is 0 Å². The van der Waals surface area contributed by atoms with Crippen LogP contribution in [-0.2, 0) is 0 Å². The zero-order chi connectivity index (χ0) is 13.1. The van der Waals surface area contributed by atoms with Crippen molar-refractivity contribution < 1.29 is 4.39 Å². The first-order chi connectivity index (χ1) is 8.61. The van der Waals surface area contributed by atoms with Gasteiger partial charge in [0, 0.05) is 16.6 Å². The van der Waals surface area contributed by atoms with Crippen LogP contribution in [0.15, 0.2) is 23.6 Å². The minimum atomic E-state index is -0.455. The Morgan fingerprint density at radius 1 is 1.56 bits per heavy atom. The molecule has 0 saturated heterocycles. The number of hydrogen-bond acceptors (Lipinski definition) is 3. The van der Waals surface area contributed by atoms with Crippen LogP contribution in [0.4, 0.5) is 4.39 Å². The van der Waals surface area contributed by atoms with Crippen molar-refractivity contribution in [1.82, 2.24) is 4.98 Å². The lowest BCUT2D eigenvalue weighted by atomic mass is 10.1. The minimum absolute atomic E-state index is 0.212. The first-order valence-electron chi connectivity index (χ1n) is 5.10. The molecular weight excluding hydrogens is 271 g/mol. The van der Waals surface area contributed by atoms with Crippen LogP contribution in [0.1, 0.15) is 16.3 Å². The molecule has 0 saturated carbocycles. The molecule has 1 heterocycles. The number of rotatable bonds is 2. The largest absolute Gasteiger partial charge is 0.241 e. The molecule has 90 valence electrons. The Kier molecular flexibility index (Phi) is 3.75. The second-order valence-corrected chi connectivity index (χ2v) is 4.86. The molecule has 0 spiro atoms. The van der Waals surface area contributed by atoms with Crippen molar-refractivity contribution in [3.8, 4) is 6.07 Å². The van der Waals surface area contributed by atoms with E-state index in [-0.39, 0.29) is 10.6 Å². The molecule has 0 aliphatic heterocycles. The van der Waals surface area contributed by atoms with Gasteiger partial charge in [-0.25, -0.2) is 9.37 Å². The average Bonchev–Trinajstić information content (AvgIpc) is 2.76. The van der Waals surface area contributed by atoms with Gasteiger partial charge in [0.2, 0.25) is 0 Å². The standard InChI is InChI=1S/C13H8ClFN2S/c1-8-7-18-13(17-8)9(6-16)5-10-11(14)3-2-4-12(10)15/h2-5,7H,1H3. The predicted octanol–water partition coefficient (Wildman–Crippen LogP) is 4.31. The highest BCUT2D eigenvalue weighted by Crippen LogP contribution is 2.26. The van der Waals surface area contributed by atoms with E-state index in [1.807, 2.05) is 18.4 Å². The Labute approximate surface area is 113 Å². The van der Waals surface area contributed by atoms with Crippen LogP contribution in [0.2, 0.25) is 5.02 Å². The molecule has 0 fully saturated rings. The molecule has 18 heavy (non-hydrogen) atoms. The number of halogens is 2. The summed E-state index contributed by atoms with van der Waals surface area (Å²) in [4.78, 5) is 4.20. The summed E-state index contributed by atoms with van der Waals surface area (Å²) in [5, 5.41) is 11.8. The van der Waals surface area contributed by atoms with Gasteiger partial charge in [0.05, 0.1) is 10.6 Å². The van der Waals surface area contributed by atoms with Crippen LogP contribution in [0.5, 0.6) is 0 Å². The van der Waals surface area contributed by atoms with Crippen molar-refractivity contribution in [2.24, 2.45) is 0 Å². The second kappa shape index (κ2) is 5.30. The summed E-state index contributed by atoms with van der Waals surface area (Å²) < 4.78 is 13.6. The average molecular weight is 279 g/mol. The quantitative estimate of drug-likeness (QED) is 0.768. The Balaban J connectivity index is 2.52. The fourth-order valence-electron chi connectivity index (χ4n) is 1.41. The van der Waals surface area contributed by atoms with Crippen LogP contribution in [0.3, 0.4) is 0 Å². The molecule has 1 aromatic heterocycles. The summed E-state index contributed by atoms with van der Waals surface area (Å²) in [6.07, 6.45) is 1.43. The topological polar surface area (TPSA) is 36.7 Å². The molecule has 0 bridgehead atoms. The number of nitrogens with zero attached hydrogens (tertiary/aromatic N) is 2. The molecule has 5 heteroatoms. The van der Waals surface area contributed by atoms with Gasteiger partial charge in [0.25, 0.3) is 0 Å². The first kappa shape index (κ1) is 12.7. The number of benzene rings is 1. The zero-order valence-electron chi connectivity index (χ0n) is 9.45. The molecule has 0 atom stereocenters. The summed E-state index contributed by atoms with van der Waals surface area (Å²) in [5.41, 5.74) is 1.35. The van der Waals surface area contributed by atoms with E-state index in [0.717, 1.165) is 5.69 Å². The van der Waals surface area contributed by atoms with E-state index in [9.17, 15) is 4.39 Å². The smallest absolute Gasteiger partial charge is 0.134 e. The van der Waals surface area contributed by atoms with Crippen LogP contribution >= 0.6 is 22.9 Å². The predicted molar refractivity (Wildman–Crippen MR) is 71.7 cm³/mol. The zero-order valence-corrected chi connectivity index (χ0v) is 11.0. The number of nitriles is 1. The molecule has 2 rings (SSSR count). The lowest BCUT2D eigenvalue weighted by Gasteiger charge is -2.00. The van der Waals surface area contributed by atoms with Crippen molar-refractivity contribution in [1.29, 1.82) is 5.26 Å². The highest BCUT2D eigenvalue weighted by atomic mass is 35.5. The highest BCUT2D eigenvalue weighted by Gasteiger charge is 2.09. The summed E-state index contributed by atoms with van der Waals surface area (Å²) in [7, 11) is 0. The number of thiazole rings is 1. The molecule has 0 amide bonds. The highest BCUT2D eigenvalue weighted by molar-refractivity contribution is 7.11. The third kappa shape index (κ3) is 2.58. The summed E-state index contributed by atoms with van der Waals surface area (Å²) in [6, 6.07) is 6.43. The number of aryl methyl sites for hydroxylation is 1. The van der Waals surface area contributed by atoms with E-state index in [0.29, 0.717) is 10.6 Å². The summed E-state index contributed by atoms with van der Waals surface area (Å²) in [5.74, 6) is -0.455. The van der Waals surface area contributed by atoms with Gasteiger partial charge < -0.3 is 0 Å². The monoisotopic (exact) mass is 278 g/mol. The molecule has 1 aromatic carbocycles. The first-order valence-corrected chi connectivity index (χ1v) is 6.36. The van der Waals surface area contributed by atoms with E-state index in [2.05, 4.69) is 4.98 Å². The number of allylic oxidation sites excluding steroid dienone is 1. The van der Waals surface area contributed by atoms with E-state index < -0.39 is 5.82 Å². The molecule has 2 aromatic rings. The fourth-order valence-corrected chi connectivity index (χ4v) is 2.39. The van der Waals surface area contributed by atoms with E-state index >= 15 is 0 Å². The van der Waals surface area contributed by atoms with Gasteiger partial charge in [0.1, 0.15) is 16.9 Å².